The van der Waals surface area contributed by atoms with Gasteiger partial charge < -0.3 is 14.6 Å². The van der Waals surface area contributed by atoms with E-state index in [1.807, 2.05) is 0 Å². The van der Waals surface area contributed by atoms with Crippen LogP contribution in [0.5, 0.6) is 5.75 Å². The molecule has 0 saturated carbocycles. The smallest absolute Gasteiger partial charge is 0.331 e. The van der Waals surface area contributed by atoms with Gasteiger partial charge in [0.15, 0.2) is 6.04 Å². The van der Waals surface area contributed by atoms with E-state index in [-0.39, 0.29) is 24.4 Å². The van der Waals surface area contributed by atoms with Crippen molar-refractivity contribution in [1.82, 2.24) is 19.8 Å². The van der Waals surface area contributed by atoms with Crippen LogP contribution in [0.1, 0.15) is 19.4 Å². The number of aliphatic hydroxyl groups excluding tert-OH is 1. The van der Waals surface area contributed by atoms with Gasteiger partial charge in [-0.25, -0.2) is 9.48 Å². The summed E-state index contributed by atoms with van der Waals surface area (Å²) in [6.07, 6.45) is 0.147. The van der Waals surface area contributed by atoms with Crippen molar-refractivity contribution >= 4 is 18.2 Å². The fourth-order valence-electron chi connectivity index (χ4n) is 2.04. The van der Waals surface area contributed by atoms with Gasteiger partial charge in [0.2, 0.25) is 4.77 Å². The van der Waals surface area contributed by atoms with Crippen LogP contribution in [-0.2, 0) is 9.53 Å². The summed E-state index contributed by atoms with van der Waals surface area (Å²) in [5, 5.41) is 17.1. The summed E-state index contributed by atoms with van der Waals surface area (Å²) in [5.74, 6) is 0.205. The molecule has 0 spiro atoms. The molecule has 2 rings (SSSR count). The molecule has 0 amide bonds. The van der Waals surface area contributed by atoms with Crippen molar-refractivity contribution in [2.75, 3.05) is 20.3 Å². The molecule has 2 aromatic rings. The predicted molar refractivity (Wildman–Crippen MR) is 84.1 cm³/mol. The van der Waals surface area contributed by atoms with Gasteiger partial charge in [0.25, 0.3) is 0 Å². The average molecular weight is 338 g/mol. The summed E-state index contributed by atoms with van der Waals surface area (Å²) in [6.45, 7) is 1.75. The van der Waals surface area contributed by atoms with Crippen molar-refractivity contribution < 1.29 is 19.4 Å². The summed E-state index contributed by atoms with van der Waals surface area (Å²) in [7, 11) is 1.58. The summed E-state index contributed by atoms with van der Waals surface area (Å²) < 4.78 is 13.1. The van der Waals surface area contributed by atoms with Crippen LogP contribution < -0.4 is 4.74 Å². The van der Waals surface area contributed by atoms with Gasteiger partial charge in [-0.3, -0.25) is 0 Å². The molecule has 1 aromatic heterocycles. The summed E-state index contributed by atoms with van der Waals surface area (Å²) in [4.78, 5) is 12.0. The molecule has 8 nitrogen and oxygen atoms in total. The first-order valence-electron chi connectivity index (χ1n) is 7.08. The van der Waals surface area contributed by atoms with E-state index in [0.717, 1.165) is 0 Å². The number of nitrogens with zero attached hydrogens (tertiary/aromatic N) is 4. The lowest BCUT2D eigenvalue weighted by Gasteiger charge is -2.13. The van der Waals surface area contributed by atoms with Crippen LogP contribution in [0.4, 0.5) is 0 Å². The Morgan fingerprint density at radius 3 is 2.61 bits per heavy atom. The van der Waals surface area contributed by atoms with E-state index in [4.69, 9.17) is 26.8 Å². The molecule has 1 N–H and O–H groups in total. The first-order chi connectivity index (χ1) is 11.1. The maximum absolute atomic E-state index is 12.0. The van der Waals surface area contributed by atoms with Crippen LogP contribution in [0, 0.1) is 4.77 Å². The number of carbonyl (C=O) groups excluding carboxylic acids is 1. The number of ether oxygens (including phenoxy) is 2. The number of hydrogen-bond donors (Lipinski definition) is 1. The van der Waals surface area contributed by atoms with Crippen molar-refractivity contribution in [2.24, 2.45) is 0 Å². The van der Waals surface area contributed by atoms with E-state index in [0.29, 0.717) is 11.4 Å². The Hall–Kier alpha value is -2.26. The lowest BCUT2D eigenvalue weighted by molar-refractivity contribution is -0.148. The van der Waals surface area contributed by atoms with E-state index >= 15 is 0 Å². The maximum atomic E-state index is 12.0. The van der Waals surface area contributed by atoms with Crippen molar-refractivity contribution in [3.8, 4) is 11.4 Å². The van der Waals surface area contributed by atoms with Crippen LogP contribution in [0.2, 0.25) is 0 Å². The Balaban J connectivity index is 2.36. The van der Waals surface area contributed by atoms with Gasteiger partial charge in [0, 0.05) is 13.0 Å². The largest absolute Gasteiger partial charge is 0.497 e. The number of benzene rings is 1. The molecule has 0 aliphatic rings. The molecule has 0 radical (unpaired) electrons. The minimum atomic E-state index is -0.806. The molecule has 0 saturated heterocycles. The molecule has 9 heteroatoms. The topological polar surface area (TPSA) is 91.4 Å². The zero-order valence-electron chi connectivity index (χ0n) is 12.9. The quantitative estimate of drug-likeness (QED) is 0.601. The zero-order valence-corrected chi connectivity index (χ0v) is 13.7. The van der Waals surface area contributed by atoms with Crippen molar-refractivity contribution in [3.05, 3.63) is 29.0 Å². The first kappa shape index (κ1) is 17.1. The average Bonchev–Trinajstić information content (AvgIpc) is 2.94. The van der Waals surface area contributed by atoms with Crippen LogP contribution in [0.3, 0.4) is 0 Å². The lowest BCUT2D eigenvalue weighted by atomic mass is 10.2. The number of esters is 1. The number of aliphatic hydroxyl groups is 1. The normalized spacial score (nSPS) is 12.0. The van der Waals surface area contributed by atoms with Crippen LogP contribution in [-0.4, -0.2) is 51.2 Å². The number of aromatic nitrogens is 4. The Bertz CT molecular complexity index is 710. The number of methoxy groups -OCH3 is 1. The summed E-state index contributed by atoms with van der Waals surface area (Å²) >= 11 is 5.34. The first-order valence-corrected chi connectivity index (χ1v) is 7.49. The lowest BCUT2D eigenvalue weighted by Crippen LogP contribution is -2.24. The molecule has 1 aromatic carbocycles. The van der Waals surface area contributed by atoms with Gasteiger partial charge in [-0.15, -0.1) is 0 Å². The standard InChI is InChI=1S/C14H18N4O4S/c1-3-22-13(20)12(8-9-19)18-14(23)17(15-16-18)10-4-6-11(21-2)7-5-10/h4-7,12,19H,3,8-9H2,1-2H3/t12-/m0/s1. The van der Waals surface area contributed by atoms with Gasteiger partial charge >= 0.3 is 5.97 Å². The number of carbonyl (C=O) groups is 1. The van der Waals surface area contributed by atoms with Gasteiger partial charge in [-0.05, 0) is 53.8 Å². The summed E-state index contributed by atoms with van der Waals surface area (Å²) in [6, 6.07) is 6.29. The van der Waals surface area contributed by atoms with Gasteiger partial charge in [-0.2, -0.15) is 4.68 Å². The molecular weight excluding hydrogens is 320 g/mol. The fourth-order valence-corrected chi connectivity index (χ4v) is 2.34. The molecule has 0 bridgehead atoms. The molecule has 0 unspecified atom stereocenters. The molecule has 0 aliphatic heterocycles. The minimum Gasteiger partial charge on any atom is -0.497 e. The van der Waals surface area contributed by atoms with Crippen LogP contribution >= 0.6 is 12.2 Å². The predicted octanol–water partition coefficient (Wildman–Crippen LogP) is 1.29. The third-order valence-corrected chi connectivity index (χ3v) is 3.54. The Kier molecular flexibility index (Phi) is 5.83. The van der Waals surface area contributed by atoms with Gasteiger partial charge in [0.1, 0.15) is 5.75 Å². The highest BCUT2D eigenvalue weighted by molar-refractivity contribution is 7.71. The minimum absolute atomic E-state index is 0.147. The molecular formula is C14H18N4O4S. The van der Waals surface area contributed by atoms with Gasteiger partial charge in [-0.1, -0.05) is 0 Å². The van der Waals surface area contributed by atoms with Crippen LogP contribution in [0.15, 0.2) is 24.3 Å². The van der Waals surface area contributed by atoms with Gasteiger partial charge in [0.05, 0.1) is 19.4 Å². The van der Waals surface area contributed by atoms with E-state index in [2.05, 4.69) is 10.4 Å². The molecule has 23 heavy (non-hydrogen) atoms. The second kappa shape index (κ2) is 7.84. The molecule has 0 fully saturated rings. The van der Waals surface area contributed by atoms with E-state index in [1.54, 1.807) is 38.3 Å². The van der Waals surface area contributed by atoms with E-state index in [1.165, 1.54) is 9.36 Å². The maximum Gasteiger partial charge on any atom is 0.331 e. The second-order valence-electron chi connectivity index (χ2n) is 4.60. The van der Waals surface area contributed by atoms with Crippen molar-refractivity contribution in [2.45, 2.75) is 19.4 Å². The SMILES string of the molecule is CCOC(=O)[C@H](CCO)n1nnn(-c2ccc(OC)cc2)c1=S. The molecule has 0 aliphatic carbocycles. The Morgan fingerprint density at radius 2 is 2.04 bits per heavy atom. The number of tetrazole rings is 1. The monoisotopic (exact) mass is 338 g/mol. The number of rotatable bonds is 7. The van der Waals surface area contributed by atoms with E-state index in [9.17, 15) is 4.79 Å². The summed E-state index contributed by atoms with van der Waals surface area (Å²) in [5.41, 5.74) is 0.689. The fraction of sp³-hybridized carbons (Fsp3) is 0.429. The third kappa shape index (κ3) is 3.74. The van der Waals surface area contributed by atoms with Crippen molar-refractivity contribution in [3.63, 3.8) is 0 Å². The van der Waals surface area contributed by atoms with Crippen LogP contribution in [0.25, 0.3) is 5.69 Å². The Labute approximate surface area is 138 Å². The molecule has 124 valence electrons. The highest BCUT2D eigenvalue weighted by Gasteiger charge is 2.24. The third-order valence-electron chi connectivity index (χ3n) is 3.18. The van der Waals surface area contributed by atoms with Crippen molar-refractivity contribution in [1.29, 1.82) is 0 Å². The molecule has 1 heterocycles. The highest BCUT2D eigenvalue weighted by Crippen LogP contribution is 2.17. The highest BCUT2D eigenvalue weighted by atomic mass is 32.1. The zero-order chi connectivity index (χ0) is 16.8. The Morgan fingerprint density at radius 1 is 1.35 bits per heavy atom. The van der Waals surface area contributed by atoms with E-state index < -0.39 is 12.0 Å². The second-order valence-corrected chi connectivity index (χ2v) is 4.96. The molecule has 1 atom stereocenters. The number of hydrogen-bond acceptors (Lipinski definition) is 7.